The zero-order valence-corrected chi connectivity index (χ0v) is 12.2. The smallest absolute Gasteiger partial charge is 0.227 e. The molecule has 0 aromatic carbocycles. The molecule has 1 N–H and O–H groups in total. The van der Waals surface area contributed by atoms with Crippen LogP contribution in [0.15, 0.2) is 29.0 Å². The number of carbonyl (C=O) groups excluding carboxylic acids is 1. The van der Waals surface area contributed by atoms with E-state index in [9.17, 15) is 4.79 Å². The molecule has 7 nitrogen and oxygen atoms in total. The molecule has 1 saturated heterocycles. The van der Waals surface area contributed by atoms with Crippen molar-refractivity contribution in [2.75, 3.05) is 13.2 Å². The summed E-state index contributed by atoms with van der Waals surface area (Å²) in [5, 5.41) is 6.78. The summed E-state index contributed by atoms with van der Waals surface area (Å²) in [6.45, 7) is 1.37. The average molecular weight is 302 g/mol. The fraction of sp³-hybridized carbons (Fsp3) is 0.467. The minimum atomic E-state index is -0.0286. The average Bonchev–Trinajstić information content (AvgIpc) is 3.23. The number of ether oxygens (including phenoxy) is 1. The Morgan fingerprint density at radius 1 is 1.36 bits per heavy atom. The van der Waals surface area contributed by atoms with Gasteiger partial charge in [-0.05, 0) is 25.0 Å². The van der Waals surface area contributed by atoms with E-state index in [0.29, 0.717) is 31.1 Å². The van der Waals surface area contributed by atoms with Gasteiger partial charge in [0.15, 0.2) is 0 Å². The van der Waals surface area contributed by atoms with Crippen LogP contribution < -0.4 is 5.32 Å². The highest BCUT2D eigenvalue weighted by Gasteiger charge is 2.16. The number of aryl methyl sites for hydroxylation is 1. The molecule has 1 atom stereocenters. The predicted octanol–water partition coefficient (Wildman–Crippen LogP) is 1.36. The van der Waals surface area contributed by atoms with Gasteiger partial charge >= 0.3 is 0 Å². The first-order valence-corrected chi connectivity index (χ1v) is 7.42. The predicted molar refractivity (Wildman–Crippen MR) is 77.8 cm³/mol. The summed E-state index contributed by atoms with van der Waals surface area (Å²) in [6.07, 6.45) is 6.33. The van der Waals surface area contributed by atoms with Gasteiger partial charge in [-0.15, -0.1) is 0 Å². The highest BCUT2D eigenvalue weighted by Crippen LogP contribution is 2.14. The van der Waals surface area contributed by atoms with Crippen molar-refractivity contribution < 1.29 is 14.1 Å². The van der Waals surface area contributed by atoms with Crippen LogP contribution in [0.5, 0.6) is 0 Å². The molecule has 2 aromatic heterocycles. The number of nitrogens with one attached hydrogen (secondary N) is 1. The first-order chi connectivity index (χ1) is 10.8. The van der Waals surface area contributed by atoms with Crippen molar-refractivity contribution in [1.29, 1.82) is 0 Å². The van der Waals surface area contributed by atoms with Crippen LogP contribution in [-0.4, -0.2) is 40.3 Å². The van der Waals surface area contributed by atoms with Gasteiger partial charge in [0.05, 0.1) is 6.10 Å². The number of hydrogen-bond donors (Lipinski definition) is 1. The number of pyridine rings is 1. The van der Waals surface area contributed by atoms with Crippen LogP contribution in [0.1, 0.15) is 25.2 Å². The van der Waals surface area contributed by atoms with Crippen LogP contribution in [0.2, 0.25) is 0 Å². The van der Waals surface area contributed by atoms with Crippen molar-refractivity contribution in [2.45, 2.75) is 31.8 Å². The van der Waals surface area contributed by atoms with Crippen LogP contribution in [0.25, 0.3) is 11.4 Å². The van der Waals surface area contributed by atoms with Gasteiger partial charge in [-0.3, -0.25) is 9.78 Å². The van der Waals surface area contributed by atoms with Gasteiger partial charge in [-0.2, -0.15) is 4.98 Å². The second kappa shape index (κ2) is 7.13. The number of amides is 1. The van der Waals surface area contributed by atoms with Gasteiger partial charge in [0, 0.05) is 44.0 Å². The van der Waals surface area contributed by atoms with Crippen molar-refractivity contribution in [3.8, 4) is 11.4 Å². The van der Waals surface area contributed by atoms with Gasteiger partial charge in [0.1, 0.15) is 0 Å². The fourth-order valence-electron chi connectivity index (χ4n) is 2.32. The van der Waals surface area contributed by atoms with Crippen LogP contribution in [-0.2, 0) is 16.0 Å². The molecule has 0 aliphatic carbocycles. The molecule has 1 unspecified atom stereocenters. The molecular weight excluding hydrogens is 284 g/mol. The molecule has 3 rings (SSSR count). The summed E-state index contributed by atoms with van der Waals surface area (Å²) < 4.78 is 10.6. The summed E-state index contributed by atoms with van der Waals surface area (Å²) in [7, 11) is 0. The summed E-state index contributed by atoms with van der Waals surface area (Å²) in [5.74, 6) is 0.940. The van der Waals surface area contributed by atoms with Gasteiger partial charge in [0.2, 0.25) is 17.6 Å². The second-order valence-electron chi connectivity index (χ2n) is 5.19. The molecule has 1 aliphatic heterocycles. The van der Waals surface area contributed by atoms with E-state index in [1.807, 2.05) is 12.1 Å². The molecule has 0 spiro atoms. The summed E-state index contributed by atoms with van der Waals surface area (Å²) >= 11 is 0. The molecule has 0 bridgehead atoms. The number of aromatic nitrogens is 3. The molecule has 3 heterocycles. The van der Waals surface area contributed by atoms with Crippen molar-refractivity contribution >= 4 is 5.91 Å². The maximum atomic E-state index is 11.8. The Hall–Kier alpha value is -2.28. The monoisotopic (exact) mass is 302 g/mol. The summed E-state index contributed by atoms with van der Waals surface area (Å²) in [6, 6.07) is 3.62. The maximum absolute atomic E-state index is 11.8. The SMILES string of the molecule is O=C(CCc1nc(-c2ccncc2)no1)NCC1CCCO1. The minimum absolute atomic E-state index is 0.0286. The van der Waals surface area contributed by atoms with Crippen LogP contribution in [0.4, 0.5) is 0 Å². The van der Waals surface area contributed by atoms with Crippen LogP contribution >= 0.6 is 0 Å². The minimum Gasteiger partial charge on any atom is -0.376 e. The van der Waals surface area contributed by atoms with Gasteiger partial charge in [-0.25, -0.2) is 0 Å². The molecule has 7 heteroatoms. The van der Waals surface area contributed by atoms with Crippen molar-refractivity contribution in [2.24, 2.45) is 0 Å². The molecular formula is C15H18N4O3. The molecule has 22 heavy (non-hydrogen) atoms. The normalized spacial score (nSPS) is 17.5. The van der Waals surface area contributed by atoms with E-state index < -0.39 is 0 Å². The lowest BCUT2D eigenvalue weighted by atomic mass is 10.2. The van der Waals surface area contributed by atoms with Crippen molar-refractivity contribution in [3.63, 3.8) is 0 Å². The van der Waals surface area contributed by atoms with Crippen LogP contribution in [0.3, 0.4) is 0 Å². The third-order valence-electron chi connectivity index (χ3n) is 3.52. The first-order valence-electron chi connectivity index (χ1n) is 7.42. The van der Waals surface area contributed by atoms with E-state index in [-0.39, 0.29) is 12.0 Å². The van der Waals surface area contributed by atoms with Crippen LogP contribution in [0, 0.1) is 0 Å². The quantitative estimate of drug-likeness (QED) is 0.866. The van der Waals surface area contributed by atoms with Crippen molar-refractivity contribution in [1.82, 2.24) is 20.4 Å². The number of rotatable bonds is 6. The van der Waals surface area contributed by atoms with E-state index in [1.54, 1.807) is 12.4 Å². The number of hydrogen-bond acceptors (Lipinski definition) is 6. The molecule has 1 fully saturated rings. The summed E-state index contributed by atoms with van der Waals surface area (Å²) in [5.41, 5.74) is 0.841. The van der Waals surface area contributed by atoms with Gasteiger partial charge in [-0.1, -0.05) is 5.16 Å². The Balaban J connectivity index is 1.45. The lowest BCUT2D eigenvalue weighted by Gasteiger charge is -2.09. The largest absolute Gasteiger partial charge is 0.376 e. The molecule has 1 amide bonds. The number of carbonyl (C=O) groups is 1. The zero-order chi connectivity index (χ0) is 15.2. The van der Waals surface area contributed by atoms with E-state index >= 15 is 0 Å². The Morgan fingerprint density at radius 3 is 3.00 bits per heavy atom. The summed E-state index contributed by atoms with van der Waals surface area (Å²) in [4.78, 5) is 20.0. The third-order valence-corrected chi connectivity index (χ3v) is 3.52. The van der Waals surface area contributed by atoms with E-state index in [1.165, 1.54) is 0 Å². The standard InChI is InChI=1S/C15H18N4O3/c20-13(17-10-12-2-1-9-21-12)3-4-14-18-15(19-22-14)11-5-7-16-8-6-11/h5-8,12H,1-4,9-10H2,(H,17,20). The topological polar surface area (TPSA) is 90.1 Å². The first kappa shape index (κ1) is 14.6. The van der Waals surface area contributed by atoms with Gasteiger partial charge in [0.25, 0.3) is 0 Å². The maximum Gasteiger partial charge on any atom is 0.227 e. The van der Waals surface area contributed by atoms with E-state index in [2.05, 4.69) is 20.4 Å². The Morgan fingerprint density at radius 2 is 2.23 bits per heavy atom. The molecule has 1 aliphatic rings. The van der Waals surface area contributed by atoms with E-state index in [0.717, 1.165) is 25.0 Å². The molecule has 0 radical (unpaired) electrons. The number of nitrogens with zero attached hydrogens (tertiary/aromatic N) is 3. The molecule has 2 aromatic rings. The Kier molecular flexibility index (Phi) is 4.75. The second-order valence-corrected chi connectivity index (χ2v) is 5.19. The highest BCUT2D eigenvalue weighted by molar-refractivity contribution is 5.76. The Bertz CT molecular complexity index is 608. The zero-order valence-electron chi connectivity index (χ0n) is 12.2. The lowest BCUT2D eigenvalue weighted by Crippen LogP contribution is -2.31. The third kappa shape index (κ3) is 3.88. The molecule has 116 valence electrons. The lowest BCUT2D eigenvalue weighted by molar-refractivity contribution is -0.121. The van der Waals surface area contributed by atoms with Gasteiger partial charge < -0.3 is 14.6 Å². The van der Waals surface area contributed by atoms with E-state index in [4.69, 9.17) is 9.26 Å². The highest BCUT2D eigenvalue weighted by atomic mass is 16.5. The fourth-order valence-corrected chi connectivity index (χ4v) is 2.32. The Labute approximate surface area is 128 Å². The molecule has 0 saturated carbocycles. The van der Waals surface area contributed by atoms with Crippen molar-refractivity contribution in [3.05, 3.63) is 30.4 Å².